The van der Waals surface area contributed by atoms with Gasteiger partial charge in [0, 0.05) is 49.9 Å². The zero-order chi connectivity index (χ0) is 18.1. The Labute approximate surface area is 150 Å². The van der Waals surface area contributed by atoms with E-state index in [-0.39, 0.29) is 12.0 Å². The topological polar surface area (TPSA) is 64.0 Å². The van der Waals surface area contributed by atoms with Crippen molar-refractivity contribution in [2.75, 3.05) is 18.6 Å². The van der Waals surface area contributed by atoms with Crippen molar-refractivity contribution in [2.45, 2.75) is 19.6 Å². The number of anilines is 1. The molecule has 4 rings (SSSR count). The van der Waals surface area contributed by atoms with Crippen molar-refractivity contribution in [2.24, 2.45) is 0 Å². The van der Waals surface area contributed by atoms with Crippen LogP contribution in [0, 0.1) is 12.7 Å². The molecule has 26 heavy (non-hydrogen) atoms. The van der Waals surface area contributed by atoms with E-state index in [1.54, 1.807) is 31.8 Å². The molecule has 1 aliphatic rings. The maximum atomic E-state index is 13.8. The Morgan fingerprint density at radius 1 is 1.12 bits per heavy atom. The molecule has 3 aromatic rings. The Bertz CT molecular complexity index is 914. The Hall–Kier alpha value is -2.93. The molecule has 0 saturated heterocycles. The Kier molecular flexibility index (Phi) is 4.30. The van der Waals surface area contributed by atoms with Crippen LogP contribution in [0.1, 0.15) is 23.0 Å². The summed E-state index contributed by atoms with van der Waals surface area (Å²) < 4.78 is 19.5. The molecule has 0 aliphatic carbocycles. The quantitative estimate of drug-likeness (QED) is 0.723. The summed E-state index contributed by atoms with van der Waals surface area (Å²) in [5.74, 6) is 0.732. The lowest BCUT2D eigenvalue weighted by Gasteiger charge is -2.37. The van der Waals surface area contributed by atoms with E-state index in [1.165, 1.54) is 12.1 Å². The summed E-state index contributed by atoms with van der Waals surface area (Å²) in [6, 6.07) is 6.74. The maximum absolute atomic E-state index is 13.8. The van der Waals surface area contributed by atoms with Crippen LogP contribution in [0.2, 0.25) is 0 Å². The van der Waals surface area contributed by atoms with E-state index in [1.807, 2.05) is 17.9 Å². The fourth-order valence-electron chi connectivity index (χ4n) is 3.27. The normalized spacial score (nSPS) is 16.4. The zero-order valence-corrected chi connectivity index (χ0v) is 14.6. The molecule has 0 radical (unpaired) electrons. The fraction of sp³-hybridized carbons (Fsp3) is 0.263. The van der Waals surface area contributed by atoms with Gasteiger partial charge in [0.05, 0.1) is 5.69 Å². The summed E-state index contributed by atoms with van der Waals surface area (Å²) in [7, 11) is 1.63. The van der Waals surface area contributed by atoms with Gasteiger partial charge in [-0.2, -0.15) is 0 Å². The van der Waals surface area contributed by atoms with Gasteiger partial charge in [0.2, 0.25) is 0 Å². The van der Waals surface area contributed by atoms with Gasteiger partial charge in [-0.25, -0.2) is 24.3 Å². The molecular weight excluding hydrogens is 333 g/mol. The number of aryl methyl sites for hydroxylation is 1. The molecule has 0 spiro atoms. The van der Waals surface area contributed by atoms with Crippen molar-refractivity contribution in [1.82, 2.24) is 19.9 Å². The number of aromatic nitrogens is 4. The van der Waals surface area contributed by atoms with E-state index in [4.69, 9.17) is 4.74 Å². The van der Waals surface area contributed by atoms with Gasteiger partial charge in [-0.05, 0) is 36.8 Å². The molecular formula is C19H18FN5O. The number of rotatable bonds is 3. The van der Waals surface area contributed by atoms with Gasteiger partial charge in [-0.15, -0.1) is 0 Å². The van der Waals surface area contributed by atoms with Crippen LogP contribution in [0.5, 0.6) is 0 Å². The van der Waals surface area contributed by atoms with E-state index in [2.05, 4.69) is 19.9 Å². The Balaban J connectivity index is 1.71. The van der Waals surface area contributed by atoms with Crippen LogP contribution in [0.15, 0.2) is 42.9 Å². The van der Waals surface area contributed by atoms with E-state index < -0.39 is 0 Å². The summed E-state index contributed by atoms with van der Waals surface area (Å²) in [4.78, 5) is 19.5. The number of benzene rings is 1. The van der Waals surface area contributed by atoms with Gasteiger partial charge in [0.15, 0.2) is 17.9 Å². The van der Waals surface area contributed by atoms with E-state index in [0.29, 0.717) is 24.6 Å². The largest absolute Gasteiger partial charge is 0.357 e. The highest BCUT2D eigenvalue weighted by atomic mass is 19.1. The molecule has 2 aromatic heterocycles. The molecule has 132 valence electrons. The van der Waals surface area contributed by atoms with Gasteiger partial charge in [-0.3, -0.25) is 0 Å². The third-order valence-corrected chi connectivity index (χ3v) is 4.39. The molecule has 0 fully saturated rings. The van der Waals surface area contributed by atoms with Crippen LogP contribution < -0.4 is 4.90 Å². The molecule has 1 aromatic carbocycles. The third kappa shape index (κ3) is 3.01. The van der Waals surface area contributed by atoms with E-state index >= 15 is 0 Å². The molecule has 0 saturated carbocycles. The molecule has 1 unspecified atom stereocenters. The first-order valence-corrected chi connectivity index (χ1v) is 8.35. The van der Waals surface area contributed by atoms with Crippen molar-refractivity contribution in [3.8, 4) is 11.6 Å². The van der Waals surface area contributed by atoms with Gasteiger partial charge >= 0.3 is 0 Å². The van der Waals surface area contributed by atoms with Crippen molar-refractivity contribution in [3.05, 3.63) is 65.5 Å². The summed E-state index contributed by atoms with van der Waals surface area (Å²) in [6.07, 6.45) is 5.41. The zero-order valence-electron chi connectivity index (χ0n) is 14.6. The highest BCUT2D eigenvalue weighted by Crippen LogP contribution is 2.34. The van der Waals surface area contributed by atoms with E-state index in [0.717, 1.165) is 22.5 Å². The van der Waals surface area contributed by atoms with Crippen molar-refractivity contribution in [1.29, 1.82) is 0 Å². The van der Waals surface area contributed by atoms with Crippen LogP contribution in [-0.2, 0) is 11.2 Å². The van der Waals surface area contributed by atoms with Crippen molar-refractivity contribution in [3.63, 3.8) is 0 Å². The number of hydrogen-bond donors (Lipinski definition) is 0. The number of ether oxygens (including phenoxy) is 1. The summed E-state index contributed by atoms with van der Waals surface area (Å²) >= 11 is 0. The van der Waals surface area contributed by atoms with Gasteiger partial charge in [0.25, 0.3) is 0 Å². The molecule has 1 aliphatic heterocycles. The number of methoxy groups -OCH3 is 1. The molecule has 0 amide bonds. The second-order valence-corrected chi connectivity index (χ2v) is 6.19. The van der Waals surface area contributed by atoms with Crippen LogP contribution in [0.3, 0.4) is 0 Å². The average Bonchev–Trinajstić information content (AvgIpc) is 2.66. The number of nitrogens with zero attached hydrogens (tertiary/aromatic N) is 5. The van der Waals surface area contributed by atoms with Crippen LogP contribution in [-0.4, -0.2) is 33.6 Å². The first-order chi connectivity index (χ1) is 12.7. The summed E-state index contributed by atoms with van der Waals surface area (Å²) in [5, 5.41) is 0. The van der Waals surface area contributed by atoms with Gasteiger partial charge < -0.3 is 9.64 Å². The van der Waals surface area contributed by atoms with Gasteiger partial charge in [0.1, 0.15) is 5.82 Å². The number of hydrogen-bond acceptors (Lipinski definition) is 6. The molecule has 7 heteroatoms. The fourth-order valence-corrected chi connectivity index (χ4v) is 3.27. The average molecular weight is 351 g/mol. The second kappa shape index (κ2) is 6.76. The predicted molar refractivity (Wildman–Crippen MR) is 95.0 cm³/mol. The Morgan fingerprint density at radius 2 is 1.92 bits per heavy atom. The minimum Gasteiger partial charge on any atom is -0.357 e. The number of halogens is 1. The highest BCUT2D eigenvalue weighted by Gasteiger charge is 2.30. The van der Waals surface area contributed by atoms with Crippen LogP contribution >= 0.6 is 0 Å². The SMILES string of the molecule is COC1c2cnc(-c3ncccn3)nc2CCN1c1cc(C)cc(F)c1. The highest BCUT2D eigenvalue weighted by molar-refractivity contribution is 5.53. The third-order valence-electron chi connectivity index (χ3n) is 4.39. The molecule has 0 N–H and O–H groups in total. The van der Waals surface area contributed by atoms with Crippen molar-refractivity contribution < 1.29 is 9.13 Å². The molecule has 1 atom stereocenters. The van der Waals surface area contributed by atoms with E-state index in [9.17, 15) is 4.39 Å². The minimum absolute atomic E-state index is 0.256. The lowest BCUT2D eigenvalue weighted by atomic mass is 10.0. The predicted octanol–water partition coefficient (Wildman–Crippen LogP) is 3.09. The first-order valence-electron chi connectivity index (χ1n) is 8.35. The first kappa shape index (κ1) is 16.5. The van der Waals surface area contributed by atoms with Gasteiger partial charge in [-0.1, -0.05) is 0 Å². The van der Waals surface area contributed by atoms with Crippen LogP contribution in [0.4, 0.5) is 10.1 Å². The molecule has 0 bridgehead atoms. The second-order valence-electron chi connectivity index (χ2n) is 6.19. The van der Waals surface area contributed by atoms with Crippen LogP contribution in [0.25, 0.3) is 11.6 Å². The lowest BCUT2D eigenvalue weighted by Crippen LogP contribution is -2.37. The smallest absolute Gasteiger partial charge is 0.197 e. The maximum Gasteiger partial charge on any atom is 0.197 e. The summed E-state index contributed by atoms with van der Waals surface area (Å²) in [6.45, 7) is 2.54. The number of fused-ring (bicyclic) bond motifs is 1. The summed E-state index contributed by atoms with van der Waals surface area (Å²) in [5.41, 5.74) is 3.43. The standard InChI is InChI=1S/C19H18FN5O/c1-12-8-13(20)10-14(9-12)25-7-4-16-15(19(25)26-2)11-23-18(24-16)17-21-5-3-6-22-17/h3,5-6,8-11,19H,4,7H2,1-2H3. The molecule has 6 nitrogen and oxygen atoms in total. The monoisotopic (exact) mass is 351 g/mol. The minimum atomic E-state index is -0.370. The Morgan fingerprint density at radius 3 is 2.65 bits per heavy atom. The van der Waals surface area contributed by atoms with Crippen molar-refractivity contribution >= 4 is 5.69 Å². The molecule has 3 heterocycles. The lowest BCUT2D eigenvalue weighted by molar-refractivity contribution is 0.0933.